The lowest BCUT2D eigenvalue weighted by molar-refractivity contribution is -0.147. The van der Waals surface area contributed by atoms with Crippen LogP contribution >= 0.6 is 0 Å². The maximum Gasteiger partial charge on any atom is 0.309 e. The van der Waals surface area contributed by atoms with Crippen molar-refractivity contribution in [3.05, 3.63) is 59.7 Å². The number of aliphatic carboxylic acids is 1. The average Bonchev–Trinajstić information content (AvgIpc) is 2.65. The van der Waals surface area contributed by atoms with E-state index in [9.17, 15) is 4.79 Å². The number of benzene rings is 2. The summed E-state index contributed by atoms with van der Waals surface area (Å²) in [5, 5.41) is 9.09. The van der Waals surface area contributed by atoms with Gasteiger partial charge < -0.3 is 14.6 Å². The van der Waals surface area contributed by atoms with E-state index in [2.05, 4.69) is 0 Å². The van der Waals surface area contributed by atoms with Gasteiger partial charge in [0.15, 0.2) is 0 Å². The largest absolute Gasteiger partial charge is 0.497 e. The molecule has 4 heteroatoms. The first-order valence-electron chi connectivity index (χ1n) is 8.69. The topological polar surface area (TPSA) is 55.8 Å². The van der Waals surface area contributed by atoms with Crippen molar-refractivity contribution in [2.75, 3.05) is 13.7 Å². The van der Waals surface area contributed by atoms with E-state index in [0.717, 1.165) is 22.6 Å². The van der Waals surface area contributed by atoms with E-state index in [1.807, 2.05) is 60.7 Å². The molecule has 2 rings (SSSR count). The minimum absolute atomic E-state index is 0.512. The molecule has 138 valence electrons. The van der Waals surface area contributed by atoms with Gasteiger partial charge in [0.05, 0.1) is 19.1 Å². The molecule has 0 amide bonds. The van der Waals surface area contributed by atoms with Crippen LogP contribution in [0, 0.1) is 5.41 Å². The van der Waals surface area contributed by atoms with Gasteiger partial charge >= 0.3 is 5.97 Å². The number of carbonyl (C=O) groups is 1. The molecule has 0 heterocycles. The molecule has 1 N–H and O–H groups in total. The van der Waals surface area contributed by atoms with Crippen molar-refractivity contribution in [2.24, 2.45) is 5.41 Å². The Morgan fingerprint density at radius 3 is 1.92 bits per heavy atom. The van der Waals surface area contributed by atoms with Crippen molar-refractivity contribution in [1.29, 1.82) is 0 Å². The lowest BCUT2D eigenvalue weighted by Crippen LogP contribution is -2.24. The maximum atomic E-state index is 11.1. The van der Waals surface area contributed by atoms with Gasteiger partial charge in [0.25, 0.3) is 0 Å². The van der Waals surface area contributed by atoms with E-state index < -0.39 is 11.4 Å². The average molecular weight is 354 g/mol. The number of hydrogen-bond donors (Lipinski definition) is 1. The maximum absolute atomic E-state index is 11.1. The van der Waals surface area contributed by atoms with Gasteiger partial charge in [-0.1, -0.05) is 36.4 Å². The molecule has 26 heavy (non-hydrogen) atoms. The molecule has 0 unspecified atom stereocenters. The Bertz CT molecular complexity index is 728. The zero-order valence-corrected chi connectivity index (χ0v) is 15.6. The molecule has 0 bridgehead atoms. The van der Waals surface area contributed by atoms with Crippen LogP contribution in [0.25, 0.3) is 12.2 Å². The van der Waals surface area contributed by atoms with E-state index in [1.54, 1.807) is 21.0 Å². The van der Waals surface area contributed by atoms with E-state index >= 15 is 0 Å². The molecule has 0 saturated carbocycles. The lowest BCUT2D eigenvalue weighted by atomic mass is 9.88. The fourth-order valence-corrected chi connectivity index (χ4v) is 2.39. The predicted octanol–water partition coefficient (Wildman–Crippen LogP) is 5.14. The van der Waals surface area contributed by atoms with Gasteiger partial charge in [-0.25, -0.2) is 0 Å². The summed E-state index contributed by atoms with van der Waals surface area (Å²) in [6, 6.07) is 15.7. The van der Waals surface area contributed by atoms with Gasteiger partial charge in [-0.2, -0.15) is 0 Å². The Morgan fingerprint density at radius 2 is 1.46 bits per heavy atom. The van der Waals surface area contributed by atoms with Gasteiger partial charge in [0, 0.05) is 0 Å². The summed E-state index contributed by atoms with van der Waals surface area (Å²) >= 11 is 0. The van der Waals surface area contributed by atoms with Crippen LogP contribution in [0.4, 0.5) is 0 Å². The predicted molar refractivity (Wildman–Crippen MR) is 105 cm³/mol. The van der Waals surface area contributed by atoms with E-state index in [0.29, 0.717) is 19.4 Å². The molecule has 0 radical (unpaired) electrons. The van der Waals surface area contributed by atoms with Gasteiger partial charge in [0.1, 0.15) is 11.5 Å². The summed E-state index contributed by atoms with van der Waals surface area (Å²) in [7, 11) is 1.65. The highest BCUT2D eigenvalue weighted by Crippen LogP contribution is 2.23. The third-order valence-corrected chi connectivity index (χ3v) is 4.26. The van der Waals surface area contributed by atoms with Crippen LogP contribution in [0.2, 0.25) is 0 Å². The second-order valence-corrected chi connectivity index (χ2v) is 6.82. The molecule has 2 aromatic rings. The van der Waals surface area contributed by atoms with Crippen LogP contribution < -0.4 is 9.47 Å². The molecule has 0 aliphatic rings. The summed E-state index contributed by atoms with van der Waals surface area (Å²) in [5.74, 6) is 0.862. The van der Waals surface area contributed by atoms with Crippen molar-refractivity contribution in [2.45, 2.75) is 26.7 Å². The highest BCUT2D eigenvalue weighted by Gasteiger charge is 2.26. The number of carboxylic acid groups (broad SMARTS) is 1. The van der Waals surface area contributed by atoms with E-state index in [-0.39, 0.29) is 0 Å². The van der Waals surface area contributed by atoms with Crippen molar-refractivity contribution in [3.8, 4) is 11.5 Å². The lowest BCUT2D eigenvalue weighted by Gasteiger charge is -2.18. The fourth-order valence-electron chi connectivity index (χ4n) is 2.39. The standard InChI is InChI=1S/C22H26O4/c1-22(2,21(23)24)15-4-16-26-20-13-9-18(10-14-20)6-5-17-7-11-19(25-3)12-8-17/h5-14H,4,15-16H2,1-3H3,(H,23,24)/b6-5+. The second kappa shape index (κ2) is 9.09. The first-order chi connectivity index (χ1) is 12.4. The summed E-state index contributed by atoms with van der Waals surface area (Å²) in [6.45, 7) is 3.98. The summed E-state index contributed by atoms with van der Waals surface area (Å²) in [6.07, 6.45) is 5.38. The van der Waals surface area contributed by atoms with Gasteiger partial charge in [0.2, 0.25) is 0 Å². The summed E-state index contributed by atoms with van der Waals surface area (Å²) in [5.41, 5.74) is 1.48. The van der Waals surface area contributed by atoms with Crippen molar-refractivity contribution in [3.63, 3.8) is 0 Å². The molecule has 0 atom stereocenters. The molecule has 2 aromatic carbocycles. The number of hydrogen-bond acceptors (Lipinski definition) is 3. The van der Waals surface area contributed by atoms with Crippen molar-refractivity contribution in [1.82, 2.24) is 0 Å². The molecular formula is C22H26O4. The van der Waals surface area contributed by atoms with Gasteiger partial charge in [-0.3, -0.25) is 4.79 Å². The highest BCUT2D eigenvalue weighted by atomic mass is 16.5. The van der Waals surface area contributed by atoms with Crippen LogP contribution in [0.1, 0.15) is 37.8 Å². The quantitative estimate of drug-likeness (QED) is 0.501. The molecule has 0 spiro atoms. The summed E-state index contributed by atoms with van der Waals surface area (Å²) < 4.78 is 10.8. The number of ether oxygens (including phenoxy) is 2. The molecule has 0 fully saturated rings. The smallest absolute Gasteiger partial charge is 0.309 e. The third kappa shape index (κ3) is 5.96. The minimum atomic E-state index is -0.773. The molecule has 0 aromatic heterocycles. The van der Waals surface area contributed by atoms with Gasteiger partial charge in [-0.15, -0.1) is 0 Å². The number of methoxy groups -OCH3 is 1. The third-order valence-electron chi connectivity index (χ3n) is 4.26. The Labute approximate surface area is 155 Å². The normalized spacial score (nSPS) is 11.5. The van der Waals surface area contributed by atoms with Gasteiger partial charge in [-0.05, 0) is 62.1 Å². The Hall–Kier alpha value is -2.75. The van der Waals surface area contributed by atoms with E-state index in [1.165, 1.54) is 0 Å². The molecular weight excluding hydrogens is 328 g/mol. The first-order valence-corrected chi connectivity index (χ1v) is 8.69. The fraction of sp³-hybridized carbons (Fsp3) is 0.318. The minimum Gasteiger partial charge on any atom is -0.497 e. The van der Waals surface area contributed by atoms with Crippen LogP contribution in [0.3, 0.4) is 0 Å². The zero-order valence-electron chi connectivity index (χ0n) is 15.6. The monoisotopic (exact) mass is 354 g/mol. The molecule has 0 saturated heterocycles. The number of rotatable bonds is 9. The van der Waals surface area contributed by atoms with Crippen LogP contribution in [0.5, 0.6) is 11.5 Å². The molecule has 0 aliphatic carbocycles. The Morgan fingerprint density at radius 1 is 0.962 bits per heavy atom. The van der Waals surface area contributed by atoms with E-state index in [4.69, 9.17) is 14.6 Å². The Kier molecular flexibility index (Phi) is 6.84. The SMILES string of the molecule is COc1ccc(/C=C/c2ccc(OCCCC(C)(C)C(=O)O)cc2)cc1. The number of carboxylic acids is 1. The van der Waals surface area contributed by atoms with Crippen LogP contribution in [0.15, 0.2) is 48.5 Å². The van der Waals surface area contributed by atoms with Crippen LogP contribution in [-0.4, -0.2) is 24.8 Å². The summed E-state index contributed by atoms with van der Waals surface area (Å²) in [4.78, 5) is 11.1. The highest BCUT2D eigenvalue weighted by molar-refractivity contribution is 5.73. The van der Waals surface area contributed by atoms with Crippen molar-refractivity contribution >= 4 is 18.1 Å². The second-order valence-electron chi connectivity index (χ2n) is 6.82. The Balaban J connectivity index is 1.82. The molecule has 0 aliphatic heterocycles. The first kappa shape index (κ1) is 19.6. The van der Waals surface area contributed by atoms with Crippen molar-refractivity contribution < 1.29 is 19.4 Å². The van der Waals surface area contributed by atoms with Crippen LogP contribution in [-0.2, 0) is 4.79 Å². The zero-order chi connectivity index (χ0) is 19.0. The molecule has 4 nitrogen and oxygen atoms in total.